The molecule has 0 aliphatic heterocycles. The highest BCUT2D eigenvalue weighted by molar-refractivity contribution is 7.10. The van der Waals surface area contributed by atoms with E-state index in [0.29, 0.717) is 5.56 Å². The minimum atomic E-state index is -0.136. The molecular formula is C14H16FNS. The number of aryl methyl sites for hydroxylation is 2. The van der Waals surface area contributed by atoms with Crippen LogP contribution in [0.5, 0.6) is 0 Å². The number of halogens is 1. The van der Waals surface area contributed by atoms with Crippen LogP contribution in [0.4, 0.5) is 4.39 Å². The smallest absolute Gasteiger partial charge is 0.126 e. The Kier molecular flexibility index (Phi) is 3.92. The van der Waals surface area contributed by atoms with Gasteiger partial charge in [-0.05, 0) is 48.1 Å². The van der Waals surface area contributed by atoms with Gasteiger partial charge < -0.3 is 5.32 Å². The second-order valence-electron chi connectivity index (χ2n) is 4.21. The van der Waals surface area contributed by atoms with Crippen LogP contribution in [-0.2, 0) is 13.1 Å². The van der Waals surface area contributed by atoms with E-state index < -0.39 is 0 Å². The number of nitrogens with one attached hydrogen (secondary N) is 1. The van der Waals surface area contributed by atoms with Gasteiger partial charge in [0.1, 0.15) is 5.82 Å². The largest absolute Gasteiger partial charge is 0.308 e. The lowest BCUT2D eigenvalue weighted by Gasteiger charge is -2.06. The minimum Gasteiger partial charge on any atom is -0.308 e. The average Bonchev–Trinajstić information content (AvgIpc) is 2.70. The van der Waals surface area contributed by atoms with Crippen LogP contribution >= 0.6 is 11.3 Å². The van der Waals surface area contributed by atoms with Crippen molar-refractivity contribution >= 4 is 11.3 Å². The molecule has 0 bridgehead atoms. The number of benzene rings is 1. The summed E-state index contributed by atoms with van der Waals surface area (Å²) in [7, 11) is 0. The van der Waals surface area contributed by atoms with Gasteiger partial charge in [-0.1, -0.05) is 12.1 Å². The molecule has 2 aromatic rings. The first-order valence-corrected chi connectivity index (χ1v) is 6.53. The van der Waals surface area contributed by atoms with Gasteiger partial charge in [0, 0.05) is 18.0 Å². The quantitative estimate of drug-likeness (QED) is 0.869. The summed E-state index contributed by atoms with van der Waals surface area (Å²) in [6.45, 7) is 5.57. The fourth-order valence-electron chi connectivity index (χ4n) is 1.72. The van der Waals surface area contributed by atoms with Crippen LogP contribution in [0, 0.1) is 19.7 Å². The Bertz CT molecular complexity index is 505. The van der Waals surface area contributed by atoms with Gasteiger partial charge in [0.15, 0.2) is 0 Å². The molecule has 0 unspecified atom stereocenters. The normalized spacial score (nSPS) is 10.8. The Labute approximate surface area is 105 Å². The number of hydrogen-bond acceptors (Lipinski definition) is 2. The molecule has 0 amide bonds. The Balaban J connectivity index is 1.90. The van der Waals surface area contributed by atoms with Crippen LogP contribution in [0.2, 0.25) is 0 Å². The standard InChI is InChI=1S/C14H16FNS/c1-10-5-6-17-14(10)9-16-8-12-3-4-13(15)11(2)7-12/h3-7,16H,8-9H2,1-2H3. The molecule has 0 aliphatic carbocycles. The van der Waals surface area contributed by atoms with Crippen molar-refractivity contribution < 1.29 is 4.39 Å². The minimum absolute atomic E-state index is 0.136. The summed E-state index contributed by atoms with van der Waals surface area (Å²) in [4.78, 5) is 1.36. The molecule has 1 aromatic carbocycles. The summed E-state index contributed by atoms with van der Waals surface area (Å²) in [5.41, 5.74) is 3.16. The second-order valence-corrected chi connectivity index (χ2v) is 5.21. The van der Waals surface area contributed by atoms with E-state index in [1.54, 1.807) is 18.3 Å². The zero-order valence-electron chi connectivity index (χ0n) is 10.1. The number of rotatable bonds is 4. The van der Waals surface area contributed by atoms with Gasteiger partial charge in [0.25, 0.3) is 0 Å². The lowest BCUT2D eigenvalue weighted by atomic mass is 10.1. The average molecular weight is 249 g/mol. The number of thiophene rings is 1. The highest BCUT2D eigenvalue weighted by Gasteiger charge is 2.01. The van der Waals surface area contributed by atoms with Gasteiger partial charge in [0.2, 0.25) is 0 Å². The molecule has 1 heterocycles. The van der Waals surface area contributed by atoms with Crippen LogP contribution in [0.1, 0.15) is 21.6 Å². The molecule has 0 aliphatic rings. The van der Waals surface area contributed by atoms with Gasteiger partial charge in [-0.3, -0.25) is 0 Å². The highest BCUT2D eigenvalue weighted by Crippen LogP contribution is 2.15. The molecule has 0 radical (unpaired) electrons. The lowest BCUT2D eigenvalue weighted by Crippen LogP contribution is -2.12. The van der Waals surface area contributed by atoms with E-state index in [0.717, 1.165) is 18.7 Å². The van der Waals surface area contributed by atoms with Gasteiger partial charge in [-0.25, -0.2) is 4.39 Å². The molecule has 0 saturated carbocycles. The van der Waals surface area contributed by atoms with Gasteiger partial charge in [-0.15, -0.1) is 11.3 Å². The van der Waals surface area contributed by atoms with Crippen LogP contribution in [-0.4, -0.2) is 0 Å². The summed E-state index contributed by atoms with van der Waals surface area (Å²) in [6.07, 6.45) is 0. The summed E-state index contributed by atoms with van der Waals surface area (Å²) >= 11 is 1.77. The van der Waals surface area contributed by atoms with E-state index in [9.17, 15) is 4.39 Å². The zero-order valence-corrected chi connectivity index (χ0v) is 10.9. The van der Waals surface area contributed by atoms with Crippen molar-refractivity contribution in [2.75, 3.05) is 0 Å². The predicted octanol–water partition coefficient (Wildman–Crippen LogP) is 3.79. The SMILES string of the molecule is Cc1cc(CNCc2sccc2C)ccc1F. The Morgan fingerprint density at radius 2 is 1.94 bits per heavy atom. The van der Waals surface area contributed by atoms with Gasteiger partial charge in [-0.2, -0.15) is 0 Å². The first-order valence-electron chi connectivity index (χ1n) is 5.65. The molecule has 1 N–H and O–H groups in total. The van der Waals surface area contributed by atoms with Crippen LogP contribution < -0.4 is 5.32 Å². The third kappa shape index (κ3) is 3.14. The third-order valence-electron chi connectivity index (χ3n) is 2.81. The van der Waals surface area contributed by atoms with E-state index in [-0.39, 0.29) is 5.82 Å². The van der Waals surface area contributed by atoms with Gasteiger partial charge >= 0.3 is 0 Å². The monoisotopic (exact) mass is 249 g/mol. The van der Waals surface area contributed by atoms with Crippen molar-refractivity contribution in [3.63, 3.8) is 0 Å². The van der Waals surface area contributed by atoms with Crippen molar-refractivity contribution in [2.24, 2.45) is 0 Å². The fraction of sp³-hybridized carbons (Fsp3) is 0.286. The Morgan fingerprint density at radius 3 is 2.59 bits per heavy atom. The van der Waals surface area contributed by atoms with Crippen molar-refractivity contribution in [1.82, 2.24) is 5.32 Å². The molecule has 2 rings (SSSR count). The van der Waals surface area contributed by atoms with E-state index in [1.807, 2.05) is 12.1 Å². The maximum Gasteiger partial charge on any atom is 0.126 e. The maximum atomic E-state index is 13.1. The topological polar surface area (TPSA) is 12.0 Å². The molecular weight excluding hydrogens is 233 g/mol. The first-order chi connectivity index (χ1) is 8.16. The molecule has 0 saturated heterocycles. The zero-order chi connectivity index (χ0) is 12.3. The van der Waals surface area contributed by atoms with Crippen LogP contribution in [0.15, 0.2) is 29.6 Å². The second kappa shape index (κ2) is 5.43. The van der Waals surface area contributed by atoms with Crippen LogP contribution in [0.25, 0.3) is 0 Å². The molecule has 0 fully saturated rings. The molecule has 0 atom stereocenters. The van der Waals surface area contributed by atoms with Gasteiger partial charge in [0.05, 0.1) is 0 Å². The molecule has 1 nitrogen and oxygen atoms in total. The molecule has 3 heteroatoms. The summed E-state index contributed by atoms with van der Waals surface area (Å²) < 4.78 is 13.1. The summed E-state index contributed by atoms with van der Waals surface area (Å²) in [6, 6.07) is 7.38. The predicted molar refractivity (Wildman–Crippen MR) is 70.7 cm³/mol. The van der Waals surface area contributed by atoms with Crippen molar-refractivity contribution in [1.29, 1.82) is 0 Å². The Morgan fingerprint density at radius 1 is 1.12 bits per heavy atom. The van der Waals surface area contributed by atoms with E-state index in [1.165, 1.54) is 16.5 Å². The lowest BCUT2D eigenvalue weighted by molar-refractivity contribution is 0.615. The molecule has 90 valence electrons. The van der Waals surface area contributed by atoms with Crippen molar-refractivity contribution in [3.8, 4) is 0 Å². The van der Waals surface area contributed by atoms with E-state index >= 15 is 0 Å². The van der Waals surface area contributed by atoms with E-state index in [4.69, 9.17) is 0 Å². The Hall–Kier alpha value is -1.19. The van der Waals surface area contributed by atoms with Crippen molar-refractivity contribution in [2.45, 2.75) is 26.9 Å². The molecule has 0 spiro atoms. The van der Waals surface area contributed by atoms with Crippen LogP contribution in [0.3, 0.4) is 0 Å². The number of hydrogen-bond donors (Lipinski definition) is 1. The first kappa shape index (κ1) is 12.3. The molecule has 17 heavy (non-hydrogen) atoms. The third-order valence-corrected chi connectivity index (χ3v) is 3.83. The van der Waals surface area contributed by atoms with Crippen molar-refractivity contribution in [3.05, 3.63) is 57.0 Å². The van der Waals surface area contributed by atoms with E-state index in [2.05, 4.69) is 23.7 Å². The fourth-order valence-corrected chi connectivity index (χ4v) is 2.60. The summed E-state index contributed by atoms with van der Waals surface area (Å²) in [5.74, 6) is -0.136. The summed E-state index contributed by atoms with van der Waals surface area (Å²) in [5, 5.41) is 5.49. The maximum absolute atomic E-state index is 13.1. The highest BCUT2D eigenvalue weighted by atomic mass is 32.1. The molecule has 1 aromatic heterocycles.